The molecule has 1 aromatic rings. The fraction of sp³-hybridized carbons (Fsp3) is 0.625. The molecule has 0 bridgehead atoms. The van der Waals surface area contributed by atoms with E-state index in [1.165, 1.54) is 25.3 Å². The second kappa shape index (κ2) is 6.43. The van der Waals surface area contributed by atoms with Gasteiger partial charge >= 0.3 is 0 Å². The molecule has 3 atom stereocenters. The molecule has 0 heterocycles. The van der Waals surface area contributed by atoms with Crippen molar-refractivity contribution in [3.05, 3.63) is 33.9 Å². The monoisotopic (exact) mass is 292 g/mol. The summed E-state index contributed by atoms with van der Waals surface area (Å²) in [5.74, 6) is 0.541. The van der Waals surface area contributed by atoms with E-state index in [4.69, 9.17) is 0 Å². The lowest BCUT2D eigenvalue weighted by Gasteiger charge is -2.37. The second-order valence-corrected chi connectivity index (χ2v) is 6.12. The number of nitrogens with zero attached hydrogens (tertiary/aromatic N) is 2. The van der Waals surface area contributed by atoms with E-state index in [1.54, 1.807) is 19.1 Å². The zero-order chi connectivity index (χ0) is 15.6. The lowest BCUT2D eigenvalue weighted by atomic mass is 9.85. The molecular formula is C16H24N2O3. The first-order valence-electron chi connectivity index (χ1n) is 7.61. The minimum atomic E-state index is -0.698. The Hall–Kier alpha value is -1.62. The molecule has 1 aliphatic rings. The molecule has 0 saturated heterocycles. The van der Waals surface area contributed by atoms with E-state index in [0.29, 0.717) is 23.2 Å². The van der Waals surface area contributed by atoms with Crippen molar-refractivity contribution in [1.82, 2.24) is 0 Å². The van der Waals surface area contributed by atoms with Crippen molar-refractivity contribution < 1.29 is 10.0 Å². The third-order valence-corrected chi connectivity index (χ3v) is 4.62. The van der Waals surface area contributed by atoms with Crippen molar-refractivity contribution in [3.8, 4) is 0 Å². The maximum Gasteiger partial charge on any atom is 0.292 e. The number of rotatable bonds is 4. The van der Waals surface area contributed by atoms with Crippen LogP contribution in [0, 0.1) is 16.0 Å². The molecule has 0 spiro atoms. The van der Waals surface area contributed by atoms with Gasteiger partial charge in [-0.3, -0.25) is 10.1 Å². The molecule has 5 nitrogen and oxygen atoms in total. The predicted molar refractivity (Wildman–Crippen MR) is 83.6 cm³/mol. The van der Waals surface area contributed by atoms with Gasteiger partial charge in [0.25, 0.3) is 5.69 Å². The third-order valence-electron chi connectivity index (χ3n) is 4.62. The van der Waals surface area contributed by atoms with Gasteiger partial charge in [0.1, 0.15) is 5.69 Å². The summed E-state index contributed by atoms with van der Waals surface area (Å²) in [4.78, 5) is 13.1. The quantitative estimate of drug-likeness (QED) is 0.679. The average Bonchev–Trinajstić information content (AvgIpc) is 2.46. The van der Waals surface area contributed by atoms with Gasteiger partial charge in [-0.1, -0.05) is 25.8 Å². The summed E-state index contributed by atoms with van der Waals surface area (Å²) in [5, 5.41) is 21.0. The number of hydrogen-bond acceptors (Lipinski definition) is 4. The summed E-state index contributed by atoms with van der Waals surface area (Å²) in [6, 6.07) is 5.37. The lowest BCUT2D eigenvalue weighted by Crippen LogP contribution is -2.39. The number of benzene rings is 1. The van der Waals surface area contributed by atoms with Gasteiger partial charge in [-0.05, 0) is 37.3 Å². The first kappa shape index (κ1) is 15.8. The van der Waals surface area contributed by atoms with Crippen molar-refractivity contribution in [2.24, 2.45) is 5.92 Å². The molecule has 0 amide bonds. The highest BCUT2D eigenvalue weighted by Crippen LogP contribution is 2.36. The van der Waals surface area contributed by atoms with Crippen molar-refractivity contribution >= 4 is 11.4 Å². The molecule has 1 N–H and O–H groups in total. The highest BCUT2D eigenvalue weighted by atomic mass is 16.6. The Balaban J connectivity index is 2.35. The first-order chi connectivity index (χ1) is 9.91. The molecule has 2 unspecified atom stereocenters. The number of nitro benzene ring substituents is 1. The summed E-state index contributed by atoms with van der Waals surface area (Å²) in [5.41, 5.74) is 1.30. The Morgan fingerprint density at radius 2 is 2.05 bits per heavy atom. The molecular weight excluding hydrogens is 268 g/mol. The van der Waals surface area contributed by atoms with Crippen LogP contribution in [0.3, 0.4) is 0 Å². The van der Waals surface area contributed by atoms with E-state index in [1.807, 2.05) is 11.9 Å². The highest BCUT2D eigenvalue weighted by molar-refractivity contribution is 5.64. The van der Waals surface area contributed by atoms with Crippen LogP contribution >= 0.6 is 0 Å². The standard InChI is InChI=1S/C16H24N2O3/c1-11-6-4-5-7-14(11)17(3)15-9-8-13(12(2)19)10-16(15)18(20)21/h8-12,14,19H,4-7H2,1-3H3/t11?,12-,14?/m0/s1. The van der Waals surface area contributed by atoms with Crippen LogP contribution in [0.25, 0.3) is 0 Å². The SMILES string of the molecule is CC1CCCCC1N(C)c1ccc([C@H](C)O)cc1[N+](=O)[O-]. The van der Waals surface area contributed by atoms with Crippen molar-refractivity contribution in [1.29, 1.82) is 0 Å². The summed E-state index contributed by atoms with van der Waals surface area (Å²) in [6.07, 6.45) is 3.98. The predicted octanol–water partition coefficient (Wildman–Crippen LogP) is 3.66. The number of nitro groups is 1. The van der Waals surface area contributed by atoms with E-state index < -0.39 is 6.10 Å². The molecule has 0 radical (unpaired) electrons. The molecule has 1 aliphatic carbocycles. The van der Waals surface area contributed by atoms with Crippen LogP contribution in [0.4, 0.5) is 11.4 Å². The largest absolute Gasteiger partial charge is 0.389 e. The van der Waals surface area contributed by atoms with E-state index in [0.717, 1.165) is 6.42 Å². The molecule has 21 heavy (non-hydrogen) atoms. The Kier molecular flexibility index (Phi) is 4.83. The van der Waals surface area contributed by atoms with E-state index in [2.05, 4.69) is 6.92 Å². The van der Waals surface area contributed by atoms with Crippen molar-refractivity contribution in [2.45, 2.75) is 51.7 Å². The van der Waals surface area contributed by atoms with Crippen molar-refractivity contribution in [2.75, 3.05) is 11.9 Å². The van der Waals surface area contributed by atoms with Gasteiger partial charge in [-0.25, -0.2) is 0 Å². The van der Waals surface area contributed by atoms with Gasteiger partial charge < -0.3 is 10.0 Å². The van der Waals surface area contributed by atoms with Gasteiger partial charge in [-0.15, -0.1) is 0 Å². The normalized spacial score (nSPS) is 23.6. The second-order valence-electron chi connectivity index (χ2n) is 6.12. The molecule has 0 aliphatic heterocycles. The molecule has 1 saturated carbocycles. The summed E-state index contributed by atoms with van der Waals surface area (Å²) < 4.78 is 0. The lowest BCUT2D eigenvalue weighted by molar-refractivity contribution is -0.384. The Morgan fingerprint density at radius 3 is 2.62 bits per heavy atom. The maximum absolute atomic E-state index is 11.4. The fourth-order valence-electron chi connectivity index (χ4n) is 3.30. The zero-order valence-electron chi connectivity index (χ0n) is 13.0. The maximum atomic E-state index is 11.4. The van der Waals surface area contributed by atoms with Crippen LogP contribution in [0.1, 0.15) is 51.2 Å². The number of anilines is 1. The van der Waals surface area contributed by atoms with Crippen LogP contribution in [-0.2, 0) is 0 Å². The number of aliphatic hydroxyl groups is 1. The topological polar surface area (TPSA) is 66.6 Å². The number of aliphatic hydroxyl groups excluding tert-OH is 1. The Bertz CT molecular complexity index is 516. The first-order valence-corrected chi connectivity index (χ1v) is 7.61. The van der Waals surface area contributed by atoms with E-state index >= 15 is 0 Å². The minimum Gasteiger partial charge on any atom is -0.389 e. The molecule has 1 fully saturated rings. The van der Waals surface area contributed by atoms with Gasteiger partial charge in [0, 0.05) is 19.2 Å². The third kappa shape index (κ3) is 3.35. The van der Waals surface area contributed by atoms with Crippen LogP contribution in [0.2, 0.25) is 0 Å². The minimum absolute atomic E-state index is 0.0775. The molecule has 5 heteroatoms. The van der Waals surface area contributed by atoms with E-state index in [-0.39, 0.29) is 10.6 Å². The van der Waals surface area contributed by atoms with Crippen molar-refractivity contribution in [3.63, 3.8) is 0 Å². The van der Waals surface area contributed by atoms with Crippen LogP contribution in [0.15, 0.2) is 18.2 Å². The van der Waals surface area contributed by atoms with Crippen LogP contribution < -0.4 is 4.90 Å². The van der Waals surface area contributed by atoms with Crippen LogP contribution in [-0.4, -0.2) is 23.1 Å². The molecule has 1 aromatic carbocycles. The Morgan fingerprint density at radius 1 is 1.38 bits per heavy atom. The smallest absolute Gasteiger partial charge is 0.292 e. The molecule has 0 aromatic heterocycles. The average molecular weight is 292 g/mol. The summed E-state index contributed by atoms with van der Waals surface area (Å²) in [6.45, 7) is 3.84. The van der Waals surface area contributed by atoms with Crippen LogP contribution in [0.5, 0.6) is 0 Å². The summed E-state index contributed by atoms with van der Waals surface area (Å²) in [7, 11) is 1.94. The Labute approximate surface area is 125 Å². The molecule has 116 valence electrons. The van der Waals surface area contributed by atoms with Gasteiger partial charge in [0.2, 0.25) is 0 Å². The van der Waals surface area contributed by atoms with Gasteiger partial charge in [0.05, 0.1) is 11.0 Å². The fourth-order valence-corrected chi connectivity index (χ4v) is 3.30. The molecule has 2 rings (SSSR count). The highest BCUT2D eigenvalue weighted by Gasteiger charge is 2.29. The summed E-state index contributed by atoms with van der Waals surface area (Å²) >= 11 is 0. The van der Waals surface area contributed by atoms with Gasteiger partial charge in [-0.2, -0.15) is 0 Å². The van der Waals surface area contributed by atoms with E-state index in [9.17, 15) is 15.2 Å². The van der Waals surface area contributed by atoms with Gasteiger partial charge in [0.15, 0.2) is 0 Å². The number of hydrogen-bond donors (Lipinski definition) is 1. The zero-order valence-corrected chi connectivity index (χ0v) is 13.0.